The summed E-state index contributed by atoms with van der Waals surface area (Å²) < 4.78 is 1.84. The number of aryl methyl sites for hydroxylation is 2. The highest BCUT2D eigenvalue weighted by Gasteiger charge is 2.11. The van der Waals surface area contributed by atoms with Crippen LogP contribution in [-0.2, 0) is 13.6 Å². The molecule has 1 amide bonds. The molecule has 0 spiro atoms. The van der Waals surface area contributed by atoms with E-state index in [1.807, 2.05) is 49.8 Å². The Kier molecular flexibility index (Phi) is 4.46. The number of nitrogens with zero attached hydrogens (tertiary/aromatic N) is 2. The number of benzene rings is 1. The number of nitrogens with one attached hydrogen (secondary N) is 1. The van der Waals surface area contributed by atoms with Crippen LogP contribution in [0.2, 0.25) is 0 Å². The highest BCUT2D eigenvalue weighted by atomic mass is 16.1. The summed E-state index contributed by atoms with van der Waals surface area (Å²) >= 11 is 0. The highest BCUT2D eigenvalue weighted by molar-refractivity contribution is 5.94. The van der Waals surface area contributed by atoms with Crippen molar-refractivity contribution in [3.8, 4) is 0 Å². The minimum atomic E-state index is -0.0482. The van der Waals surface area contributed by atoms with E-state index in [9.17, 15) is 4.79 Å². The molecule has 1 N–H and O–H groups in total. The van der Waals surface area contributed by atoms with E-state index < -0.39 is 0 Å². The lowest BCUT2D eigenvalue weighted by Gasteiger charge is -2.08. The van der Waals surface area contributed by atoms with Gasteiger partial charge in [0.15, 0.2) is 0 Å². The smallest absolute Gasteiger partial charge is 0.251 e. The average molecular weight is 285 g/mol. The van der Waals surface area contributed by atoms with Gasteiger partial charge >= 0.3 is 0 Å². The summed E-state index contributed by atoms with van der Waals surface area (Å²) in [4.78, 5) is 12.2. The number of aromatic nitrogens is 2. The lowest BCUT2D eigenvalue weighted by molar-refractivity contribution is 0.0951. The normalized spacial score (nSPS) is 11.0. The number of carbonyl (C=O) groups excluding carboxylic acids is 1. The quantitative estimate of drug-likeness (QED) is 0.938. The SMILES string of the molecule is Cc1nn(C)c(C)c1CNC(=O)c1ccc(C(C)C)cc1. The Hall–Kier alpha value is -2.10. The van der Waals surface area contributed by atoms with Crippen molar-refractivity contribution < 1.29 is 4.79 Å². The van der Waals surface area contributed by atoms with Crippen LogP contribution in [0, 0.1) is 13.8 Å². The van der Waals surface area contributed by atoms with Gasteiger partial charge in [-0.2, -0.15) is 5.10 Å². The van der Waals surface area contributed by atoms with Crippen molar-refractivity contribution in [1.82, 2.24) is 15.1 Å². The summed E-state index contributed by atoms with van der Waals surface area (Å²) in [6.45, 7) is 8.77. The molecule has 0 aliphatic heterocycles. The third-order valence-electron chi connectivity index (χ3n) is 3.92. The fraction of sp³-hybridized carbons (Fsp3) is 0.412. The van der Waals surface area contributed by atoms with Crippen molar-refractivity contribution in [2.45, 2.75) is 40.2 Å². The maximum absolute atomic E-state index is 12.2. The van der Waals surface area contributed by atoms with Crippen molar-refractivity contribution in [2.75, 3.05) is 0 Å². The van der Waals surface area contributed by atoms with Crippen LogP contribution in [-0.4, -0.2) is 15.7 Å². The van der Waals surface area contributed by atoms with Crippen molar-refractivity contribution in [3.05, 3.63) is 52.3 Å². The molecular formula is C17H23N3O. The number of amides is 1. The molecule has 0 bridgehead atoms. The summed E-state index contributed by atoms with van der Waals surface area (Å²) in [6, 6.07) is 7.79. The summed E-state index contributed by atoms with van der Waals surface area (Å²) in [5.74, 6) is 0.427. The first-order chi connectivity index (χ1) is 9.90. The molecule has 0 unspecified atom stereocenters. The molecule has 0 aliphatic carbocycles. The lowest BCUT2D eigenvalue weighted by atomic mass is 10.0. The van der Waals surface area contributed by atoms with Gasteiger partial charge in [-0.3, -0.25) is 9.48 Å². The van der Waals surface area contributed by atoms with Gasteiger partial charge in [0.1, 0.15) is 0 Å². The lowest BCUT2D eigenvalue weighted by Crippen LogP contribution is -2.23. The Balaban J connectivity index is 2.04. The molecule has 0 fully saturated rings. The molecule has 112 valence electrons. The number of hydrogen-bond acceptors (Lipinski definition) is 2. The van der Waals surface area contributed by atoms with Crippen LogP contribution in [0.5, 0.6) is 0 Å². The average Bonchev–Trinajstić information content (AvgIpc) is 2.70. The predicted molar refractivity (Wildman–Crippen MR) is 84.4 cm³/mol. The second kappa shape index (κ2) is 6.12. The summed E-state index contributed by atoms with van der Waals surface area (Å²) in [5.41, 5.74) is 5.07. The van der Waals surface area contributed by atoms with Gasteiger partial charge in [-0.05, 0) is 37.5 Å². The maximum atomic E-state index is 12.2. The van der Waals surface area contributed by atoms with E-state index in [-0.39, 0.29) is 5.91 Å². The fourth-order valence-electron chi connectivity index (χ4n) is 2.36. The van der Waals surface area contributed by atoms with E-state index in [1.54, 1.807) is 0 Å². The van der Waals surface area contributed by atoms with E-state index in [0.29, 0.717) is 18.0 Å². The molecule has 0 radical (unpaired) electrons. The minimum absolute atomic E-state index is 0.0482. The fourth-order valence-corrected chi connectivity index (χ4v) is 2.36. The molecular weight excluding hydrogens is 262 g/mol. The largest absolute Gasteiger partial charge is 0.348 e. The molecule has 1 aromatic heterocycles. The van der Waals surface area contributed by atoms with Crippen LogP contribution >= 0.6 is 0 Å². The summed E-state index contributed by atoms with van der Waals surface area (Å²) in [6.07, 6.45) is 0. The summed E-state index contributed by atoms with van der Waals surface area (Å²) in [7, 11) is 1.91. The third-order valence-corrected chi connectivity index (χ3v) is 3.92. The van der Waals surface area contributed by atoms with Gasteiger partial charge in [-0.1, -0.05) is 26.0 Å². The third kappa shape index (κ3) is 3.32. The second-order valence-electron chi connectivity index (χ2n) is 5.73. The second-order valence-corrected chi connectivity index (χ2v) is 5.73. The van der Waals surface area contributed by atoms with Crippen LogP contribution in [0.25, 0.3) is 0 Å². The molecule has 0 aliphatic rings. The van der Waals surface area contributed by atoms with E-state index in [2.05, 4.69) is 24.3 Å². The van der Waals surface area contributed by atoms with Gasteiger partial charge < -0.3 is 5.32 Å². The van der Waals surface area contributed by atoms with Gasteiger partial charge in [-0.15, -0.1) is 0 Å². The van der Waals surface area contributed by atoms with Crippen LogP contribution in [0.4, 0.5) is 0 Å². The van der Waals surface area contributed by atoms with E-state index in [0.717, 1.165) is 17.0 Å². The zero-order valence-corrected chi connectivity index (χ0v) is 13.4. The highest BCUT2D eigenvalue weighted by Crippen LogP contribution is 2.15. The van der Waals surface area contributed by atoms with E-state index in [4.69, 9.17) is 0 Å². The zero-order chi connectivity index (χ0) is 15.6. The van der Waals surface area contributed by atoms with Crippen LogP contribution in [0.15, 0.2) is 24.3 Å². The monoisotopic (exact) mass is 285 g/mol. The molecule has 4 nitrogen and oxygen atoms in total. The molecule has 0 saturated carbocycles. The Labute approximate surface area is 126 Å². The van der Waals surface area contributed by atoms with Crippen LogP contribution in [0.3, 0.4) is 0 Å². The number of rotatable bonds is 4. The topological polar surface area (TPSA) is 46.9 Å². The van der Waals surface area contributed by atoms with Crippen LogP contribution in [0.1, 0.15) is 52.6 Å². The van der Waals surface area contributed by atoms with Crippen molar-refractivity contribution >= 4 is 5.91 Å². The Bertz CT molecular complexity index is 639. The van der Waals surface area contributed by atoms with Gasteiger partial charge in [0.2, 0.25) is 0 Å². The molecule has 4 heteroatoms. The van der Waals surface area contributed by atoms with Gasteiger partial charge in [0, 0.05) is 30.4 Å². The molecule has 1 aromatic carbocycles. The van der Waals surface area contributed by atoms with Gasteiger partial charge in [-0.25, -0.2) is 0 Å². The van der Waals surface area contributed by atoms with E-state index in [1.165, 1.54) is 5.56 Å². The minimum Gasteiger partial charge on any atom is -0.348 e. The summed E-state index contributed by atoms with van der Waals surface area (Å²) in [5, 5.41) is 7.32. The number of carbonyl (C=O) groups is 1. The van der Waals surface area contributed by atoms with E-state index >= 15 is 0 Å². The van der Waals surface area contributed by atoms with Crippen LogP contribution < -0.4 is 5.32 Å². The van der Waals surface area contributed by atoms with Crippen molar-refractivity contribution in [2.24, 2.45) is 7.05 Å². The molecule has 2 aromatic rings. The standard InChI is InChI=1S/C17H23N3O/c1-11(2)14-6-8-15(9-7-14)17(21)18-10-16-12(3)19-20(5)13(16)4/h6-9,11H,10H2,1-5H3,(H,18,21). The maximum Gasteiger partial charge on any atom is 0.251 e. The molecule has 21 heavy (non-hydrogen) atoms. The number of hydrogen-bond donors (Lipinski definition) is 1. The first-order valence-electron chi connectivity index (χ1n) is 7.27. The zero-order valence-electron chi connectivity index (χ0n) is 13.4. The Morgan fingerprint density at radius 3 is 2.33 bits per heavy atom. The Morgan fingerprint density at radius 2 is 1.86 bits per heavy atom. The van der Waals surface area contributed by atoms with Gasteiger partial charge in [0.25, 0.3) is 5.91 Å². The first-order valence-corrected chi connectivity index (χ1v) is 7.27. The molecule has 1 heterocycles. The Morgan fingerprint density at radius 1 is 1.24 bits per heavy atom. The van der Waals surface area contributed by atoms with Crippen molar-refractivity contribution in [1.29, 1.82) is 0 Å². The molecule has 2 rings (SSSR count). The van der Waals surface area contributed by atoms with Crippen molar-refractivity contribution in [3.63, 3.8) is 0 Å². The molecule has 0 atom stereocenters. The molecule has 0 saturated heterocycles. The first kappa shape index (κ1) is 15.3. The predicted octanol–water partition coefficient (Wildman–Crippen LogP) is 3.09. The van der Waals surface area contributed by atoms with Gasteiger partial charge in [0.05, 0.1) is 5.69 Å².